The van der Waals surface area contributed by atoms with Crippen molar-refractivity contribution in [3.8, 4) is 0 Å². The van der Waals surface area contributed by atoms with Crippen LogP contribution in [0, 0.1) is 17.2 Å². The number of halogens is 4. The van der Waals surface area contributed by atoms with E-state index in [4.69, 9.17) is 16.6 Å². The number of alkyl halides is 2. The molecule has 1 fully saturated rings. The molecule has 1 aliphatic carbocycles. The summed E-state index contributed by atoms with van der Waals surface area (Å²) in [6.07, 6.45) is 0.0270. The van der Waals surface area contributed by atoms with Crippen LogP contribution in [0.4, 0.5) is 13.2 Å². The van der Waals surface area contributed by atoms with Gasteiger partial charge in [-0.2, -0.15) is 4.31 Å². The molecule has 1 saturated carbocycles. The Balaban J connectivity index is 1.49. The van der Waals surface area contributed by atoms with E-state index in [9.17, 15) is 26.4 Å². The molecule has 0 saturated heterocycles. The highest BCUT2D eigenvalue weighted by atomic mass is 35.5. The van der Waals surface area contributed by atoms with Crippen molar-refractivity contribution < 1.29 is 26.4 Å². The first-order chi connectivity index (χ1) is 19.4. The number of nitrogens with one attached hydrogen (secondary N) is 1. The molecule has 2 aliphatic rings. The lowest BCUT2D eigenvalue weighted by molar-refractivity contribution is -0.155. The van der Waals surface area contributed by atoms with E-state index in [1.165, 1.54) is 42.4 Å². The molecule has 2 aromatic carbocycles. The zero-order valence-electron chi connectivity index (χ0n) is 24.3. The van der Waals surface area contributed by atoms with Crippen molar-refractivity contribution in [1.29, 1.82) is 0 Å². The Morgan fingerprint density at radius 1 is 1.14 bits per heavy atom. The van der Waals surface area contributed by atoms with Crippen LogP contribution in [0.2, 0.25) is 5.02 Å². The SMILES string of the molecule is C=C(CCN(Cc1ccc(Cl)c(F)c1)S(=O)(=O)c1ccccc1)C1=NC(C)(C)[C@H](C(=O)C2CCC(F)(F)C(C)(C)C2)N1. The van der Waals surface area contributed by atoms with Crippen LogP contribution in [0.15, 0.2) is 70.6 Å². The lowest BCUT2D eigenvalue weighted by Gasteiger charge is -2.42. The smallest absolute Gasteiger partial charge is 0.253 e. The molecular weight excluding hydrogens is 587 g/mol. The third-order valence-electron chi connectivity index (χ3n) is 8.35. The Morgan fingerprint density at radius 3 is 2.43 bits per heavy atom. The number of rotatable bonds is 10. The summed E-state index contributed by atoms with van der Waals surface area (Å²) >= 11 is 5.82. The fraction of sp³-hybridized carbons (Fsp3) is 0.484. The van der Waals surface area contributed by atoms with Crippen molar-refractivity contribution in [2.45, 2.75) is 82.3 Å². The minimum absolute atomic E-state index is 0.00590. The van der Waals surface area contributed by atoms with Crippen molar-refractivity contribution in [3.05, 3.63) is 77.1 Å². The van der Waals surface area contributed by atoms with Crippen LogP contribution in [0.3, 0.4) is 0 Å². The Labute approximate surface area is 251 Å². The number of ketones is 1. The fourth-order valence-corrected chi connectivity index (χ4v) is 7.15. The van der Waals surface area contributed by atoms with E-state index < -0.39 is 44.7 Å². The van der Waals surface area contributed by atoms with E-state index in [0.717, 1.165) is 0 Å². The van der Waals surface area contributed by atoms with E-state index >= 15 is 0 Å². The van der Waals surface area contributed by atoms with E-state index in [-0.39, 0.29) is 54.5 Å². The van der Waals surface area contributed by atoms with Gasteiger partial charge in [0.2, 0.25) is 10.0 Å². The number of carbonyl (C=O) groups excluding carboxylic acids is 1. The number of hydrogen-bond acceptors (Lipinski definition) is 5. The number of sulfonamides is 1. The number of nitrogens with zero attached hydrogens (tertiary/aromatic N) is 2. The second kappa shape index (κ2) is 11.8. The summed E-state index contributed by atoms with van der Waals surface area (Å²) in [7, 11) is -3.96. The quantitative estimate of drug-likeness (QED) is 0.316. The predicted molar refractivity (Wildman–Crippen MR) is 159 cm³/mol. The highest BCUT2D eigenvalue weighted by Gasteiger charge is 2.54. The number of benzene rings is 2. The van der Waals surface area contributed by atoms with Crippen LogP contribution in [-0.2, 0) is 21.4 Å². The summed E-state index contributed by atoms with van der Waals surface area (Å²) in [5.41, 5.74) is -1.23. The molecule has 1 heterocycles. The average molecular weight is 624 g/mol. The van der Waals surface area contributed by atoms with Gasteiger partial charge in [0, 0.05) is 30.8 Å². The van der Waals surface area contributed by atoms with Crippen LogP contribution in [0.5, 0.6) is 0 Å². The lowest BCUT2D eigenvalue weighted by Crippen LogP contribution is -2.52. The molecule has 0 bridgehead atoms. The number of amidine groups is 1. The van der Waals surface area contributed by atoms with Crippen LogP contribution in [0.1, 0.15) is 58.9 Å². The average Bonchev–Trinajstić information content (AvgIpc) is 3.25. The van der Waals surface area contributed by atoms with Crippen molar-refractivity contribution >= 4 is 33.2 Å². The first-order valence-electron chi connectivity index (χ1n) is 13.9. The van der Waals surface area contributed by atoms with Gasteiger partial charge in [-0.1, -0.05) is 56.3 Å². The molecule has 11 heteroatoms. The molecule has 1 unspecified atom stereocenters. The summed E-state index contributed by atoms with van der Waals surface area (Å²) < 4.78 is 71.3. The Kier molecular flexibility index (Phi) is 9.03. The fourth-order valence-electron chi connectivity index (χ4n) is 5.58. The second-order valence-corrected chi connectivity index (χ2v) is 14.7. The largest absolute Gasteiger partial charge is 0.358 e. The second-order valence-electron chi connectivity index (χ2n) is 12.4. The normalized spacial score (nSPS) is 22.8. The van der Waals surface area contributed by atoms with Gasteiger partial charge in [0.25, 0.3) is 5.92 Å². The zero-order chi connectivity index (χ0) is 31.1. The number of aliphatic imine (C=N–C) groups is 1. The zero-order valence-corrected chi connectivity index (χ0v) is 25.8. The highest BCUT2D eigenvalue weighted by molar-refractivity contribution is 7.89. The Bertz CT molecular complexity index is 1490. The molecule has 0 radical (unpaired) electrons. The Hall–Kier alpha value is -2.69. The number of Topliss-reactive ketones (excluding diaryl/α,β-unsaturated/α-hetero) is 1. The van der Waals surface area contributed by atoms with Crippen molar-refractivity contribution in [3.63, 3.8) is 0 Å². The summed E-state index contributed by atoms with van der Waals surface area (Å²) in [6.45, 7) is 10.6. The van der Waals surface area contributed by atoms with Crippen molar-refractivity contribution in [2.24, 2.45) is 16.3 Å². The predicted octanol–water partition coefficient (Wildman–Crippen LogP) is 6.80. The van der Waals surface area contributed by atoms with Gasteiger partial charge in [0.05, 0.1) is 15.5 Å². The molecule has 2 atom stereocenters. The third kappa shape index (κ3) is 6.60. The van der Waals surface area contributed by atoms with E-state index in [1.807, 2.05) is 0 Å². The van der Waals surface area contributed by atoms with Gasteiger partial charge >= 0.3 is 0 Å². The van der Waals surface area contributed by atoms with Gasteiger partial charge in [0.15, 0.2) is 5.78 Å². The molecule has 1 N–H and O–H groups in total. The molecule has 0 amide bonds. The van der Waals surface area contributed by atoms with Crippen LogP contribution >= 0.6 is 11.6 Å². The third-order valence-corrected chi connectivity index (χ3v) is 10.5. The maximum atomic E-state index is 14.4. The van der Waals surface area contributed by atoms with E-state index in [0.29, 0.717) is 17.0 Å². The van der Waals surface area contributed by atoms with Crippen molar-refractivity contribution in [1.82, 2.24) is 9.62 Å². The monoisotopic (exact) mass is 623 g/mol. The first kappa shape index (κ1) is 32.2. The molecule has 4 rings (SSSR count). The summed E-state index contributed by atoms with van der Waals surface area (Å²) in [6, 6.07) is 11.4. The maximum Gasteiger partial charge on any atom is 0.253 e. The van der Waals surface area contributed by atoms with Gasteiger partial charge in [0.1, 0.15) is 17.7 Å². The van der Waals surface area contributed by atoms with Gasteiger partial charge < -0.3 is 5.32 Å². The van der Waals surface area contributed by atoms with E-state index in [2.05, 4.69) is 11.9 Å². The van der Waals surface area contributed by atoms with Gasteiger partial charge in [-0.3, -0.25) is 9.79 Å². The highest BCUT2D eigenvalue weighted by Crippen LogP contribution is 2.50. The molecular formula is C31H37ClF3N3O3S. The van der Waals surface area contributed by atoms with Gasteiger partial charge in [-0.25, -0.2) is 21.6 Å². The Morgan fingerprint density at radius 2 is 1.81 bits per heavy atom. The molecule has 0 spiro atoms. The van der Waals surface area contributed by atoms with Gasteiger partial charge in [-0.15, -0.1) is 0 Å². The lowest BCUT2D eigenvalue weighted by atomic mass is 9.67. The van der Waals surface area contributed by atoms with Crippen molar-refractivity contribution in [2.75, 3.05) is 6.54 Å². The molecule has 42 heavy (non-hydrogen) atoms. The van der Waals surface area contributed by atoms with Crippen LogP contribution in [0.25, 0.3) is 0 Å². The molecule has 1 aliphatic heterocycles. The maximum absolute atomic E-state index is 14.4. The van der Waals surface area contributed by atoms with Gasteiger partial charge in [-0.05, 0) is 68.5 Å². The van der Waals surface area contributed by atoms with Crippen LogP contribution < -0.4 is 5.32 Å². The topological polar surface area (TPSA) is 78.8 Å². The van der Waals surface area contributed by atoms with Crippen LogP contribution in [-0.4, -0.2) is 48.4 Å². The molecule has 6 nitrogen and oxygen atoms in total. The molecule has 228 valence electrons. The summed E-state index contributed by atoms with van der Waals surface area (Å²) in [4.78, 5) is 18.3. The number of carbonyl (C=O) groups is 1. The molecule has 2 aromatic rings. The van der Waals surface area contributed by atoms with E-state index in [1.54, 1.807) is 38.1 Å². The summed E-state index contributed by atoms with van der Waals surface area (Å²) in [5, 5.41) is 3.10. The molecule has 0 aromatic heterocycles. The summed E-state index contributed by atoms with van der Waals surface area (Å²) in [5.74, 6) is -3.78. The minimum atomic E-state index is -3.96. The first-order valence-corrected chi connectivity index (χ1v) is 15.7. The standard InChI is InChI=1S/C31H37ClF3N3O3S/c1-20(28-36-27(30(4,5)37-28)26(39)22-13-15-31(34,35)29(2,3)18-22)14-16-38(19-21-11-12-24(32)25(33)17-21)42(40,41)23-9-7-6-8-10-23/h6-12,17,22,27H,1,13-16,18-19H2,2-5H3,(H,36,37)/t22?,27-/m0/s1. The minimum Gasteiger partial charge on any atom is -0.358 e. The number of hydrogen-bond donors (Lipinski definition) is 1.